The van der Waals surface area contributed by atoms with E-state index in [0.29, 0.717) is 19.0 Å². The van der Waals surface area contributed by atoms with Gasteiger partial charge < -0.3 is 11.1 Å². The minimum absolute atomic E-state index is 0.0125. The van der Waals surface area contributed by atoms with Crippen LogP contribution in [0.1, 0.15) is 19.8 Å². The molecule has 0 aliphatic carbocycles. The average molecular weight is 155 g/mol. The Labute approximate surface area is 67.3 Å². The summed E-state index contributed by atoms with van der Waals surface area (Å²) in [5.41, 5.74) is 3.77. The first kappa shape index (κ1) is 9.99. The van der Waals surface area contributed by atoms with Gasteiger partial charge in [0.25, 0.3) is 0 Å². The molecule has 0 aromatic carbocycles. The van der Waals surface area contributed by atoms with E-state index in [4.69, 9.17) is 6.42 Å². The van der Waals surface area contributed by atoms with Crippen LogP contribution in [0.4, 0.5) is 0 Å². The van der Waals surface area contributed by atoms with Crippen molar-refractivity contribution in [3.8, 4) is 12.3 Å². The number of amides is 1. The number of nitrogens with one attached hydrogen (secondary N) is 1. The molecular weight excluding hydrogens is 140 g/mol. The average Bonchev–Trinajstić information content (AvgIpc) is 1.97. The van der Waals surface area contributed by atoms with Gasteiger partial charge in [0.2, 0.25) is 5.91 Å². The van der Waals surface area contributed by atoms with E-state index in [1.54, 1.807) is 0 Å². The van der Waals surface area contributed by atoms with Crippen LogP contribution in [-0.2, 0) is 4.79 Å². The predicted molar refractivity (Wildman–Crippen MR) is 43.4 cm³/mol. The second kappa shape index (κ2) is 5.75. The molecule has 0 spiro atoms. The van der Waals surface area contributed by atoms with E-state index < -0.39 is 0 Å². The Bertz CT molecular complexity index is 158. The molecule has 3 heteroatoms. The third-order valence-corrected chi connectivity index (χ3v) is 1.25. The van der Waals surface area contributed by atoms with Gasteiger partial charge in [-0.25, -0.2) is 0 Å². The quantitative estimate of drug-likeness (QED) is 0.510. The molecule has 0 aliphatic heterocycles. The molecule has 1 atom stereocenters. The predicted octanol–water partition coefficient (Wildman–Crippen LogP) is -0.854. The Morgan fingerprint density at radius 3 is 2.91 bits per heavy atom. The number of carbonyl (C=O) groups is 1. The topological polar surface area (TPSA) is 56.7 Å². The van der Waals surface area contributed by atoms with Crippen LogP contribution in [0, 0.1) is 12.3 Å². The van der Waals surface area contributed by atoms with E-state index in [-0.39, 0.29) is 5.91 Å². The molecule has 0 aromatic heterocycles. The van der Waals surface area contributed by atoms with Gasteiger partial charge in [0.1, 0.15) is 0 Å². The summed E-state index contributed by atoms with van der Waals surface area (Å²) in [5, 5.41) is 2.58. The zero-order chi connectivity index (χ0) is 8.69. The maximum absolute atomic E-state index is 10.9. The van der Waals surface area contributed by atoms with Crippen LogP contribution in [0.3, 0.4) is 0 Å². The highest BCUT2D eigenvalue weighted by atomic mass is 16.1. The Morgan fingerprint density at radius 2 is 2.45 bits per heavy atom. The van der Waals surface area contributed by atoms with E-state index in [0.717, 1.165) is 6.42 Å². The van der Waals surface area contributed by atoms with E-state index in [1.165, 1.54) is 0 Å². The van der Waals surface area contributed by atoms with Crippen molar-refractivity contribution in [1.29, 1.82) is 0 Å². The van der Waals surface area contributed by atoms with E-state index in [9.17, 15) is 4.79 Å². The van der Waals surface area contributed by atoms with Crippen LogP contribution in [0.15, 0.2) is 0 Å². The summed E-state index contributed by atoms with van der Waals surface area (Å²) in [4.78, 5) is 10.9. The number of quaternary nitrogens is 1. The van der Waals surface area contributed by atoms with Gasteiger partial charge in [-0.2, -0.15) is 0 Å². The summed E-state index contributed by atoms with van der Waals surface area (Å²) in [6.07, 6.45) is 6.29. The smallest absolute Gasteiger partial charge is 0.220 e. The van der Waals surface area contributed by atoms with E-state index in [1.807, 2.05) is 6.92 Å². The molecule has 4 N–H and O–H groups in total. The molecule has 1 amide bonds. The number of terminal acetylenes is 1. The van der Waals surface area contributed by atoms with Crippen molar-refractivity contribution >= 4 is 5.91 Å². The van der Waals surface area contributed by atoms with Crippen molar-refractivity contribution in [2.24, 2.45) is 0 Å². The molecule has 0 aliphatic rings. The first-order valence-corrected chi connectivity index (χ1v) is 3.70. The first-order valence-electron chi connectivity index (χ1n) is 3.70. The standard InChI is InChI=1S/C8H14N2O/c1-3-6-10-8(11)5-4-7(2)9/h1,7H,4-6,9H2,2H3,(H,10,11)/p+1/t7-/m0/s1. The van der Waals surface area contributed by atoms with Crippen molar-refractivity contribution in [3.63, 3.8) is 0 Å². The van der Waals surface area contributed by atoms with Gasteiger partial charge in [-0.05, 0) is 6.92 Å². The Morgan fingerprint density at radius 1 is 1.82 bits per heavy atom. The SMILES string of the molecule is C#CCNC(=O)CC[C@H](C)[NH3+]. The molecule has 11 heavy (non-hydrogen) atoms. The second-order valence-electron chi connectivity index (χ2n) is 2.62. The molecule has 0 aromatic rings. The molecule has 3 nitrogen and oxygen atoms in total. The molecule has 0 saturated carbocycles. The summed E-state index contributed by atoms with van der Waals surface area (Å²) < 4.78 is 0. The maximum Gasteiger partial charge on any atom is 0.220 e. The monoisotopic (exact) mass is 155 g/mol. The van der Waals surface area contributed by atoms with Crippen molar-refractivity contribution < 1.29 is 10.5 Å². The molecule has 62 valence electrons. The lowest BCUT2D eigenvalue weighted by Gasteiger charge is -2.01. The van der Waals surface area contributed by atoms with Crippen molar-refractivity contribution in [2.45, 2.75) is 25.8 Å². The minimum Gasteiger partial charge on any atom is -0.355 e. The largest absolute Gasteiger partial charge is 0.355 e. The number of rotatable bonds is 4. The van der Waals surface area contributed by atoms with Crippen LogP contribution in [-0.4, -0.2) is 18.5 Å². The van der Waals surface area contributed by atoms with Crippen molar-refractivity contribution in [1.82, 2.24) is 5.32 Å². The van der Waals surface area contributed by atoms with Gasteiger partial charge in [-0.15, -0.1) is 6.42 Å². The third-order valence-electron chi connectivity index (χ3n) is 1.25. The molecular formula is C8H15N2O+. The van der Waals surface area contributed by atoms with Gasteiger partial charge in [0, 0.05) is 12.8 Å². The van der Waals surface area contributed by atoms with Gasteiger partial charge in [-0.1, -0.05) is 5.92 Å². The first-order chi connectivity index (χ1) is 5.16. The fraction of sp³-hybridized carbons (Fsp3) is 0.625. The summed E-state index contributed by atoms with van der Waals surface area (Å²) >= 11 is 0. The lowest BCUT2D eigenvalue weighted by Crippen LogP contribution is -2.59. The normalized spacial score (nSPS) is 11.7. The zero-order valence-electron chi connectivity index (χ0n) is 6.89. The molecule has 0 bridgehead atoms. The highest BCUT2D eigenvalue weighted by Gasteiger charge is 2.02. The Hall–Kier alpha value is -1.01. The Balaban J connectivity index is 3.32. The summed E-state index contributed by atoms with van der Waals surface area (Å²) in [6.45, 7) is 2.30. The molecule has 0 rings (SSSR count). The van der Waals surface area contributed by atoms with Crippen molar-refractivity contribution in [3.05, 3.63) is 0 Å². The van der Waals surface area contributed by atoms with Crippen LogP contribution in [0.2, 0.25) is 0 Å². The van der Waals surface area contributed by atoms with Gasteiger partial charge >= 0.3 is 0 Å². The molecule has 0 fully saturated rings. The summed E-state index contributed by atoms with van der Waals surface area (Å²) in [5.74, 6) is 2.35. The number of hydrogen-bond acceptors (Lipinski definition) is 1. The van der Waals surface area contributed by atoms with E-state index >= 15 is 0 Å². The summed E-state index contributed by atoms with van der Waals surface area (Å²) in [6, 6.07) is 0.326. The van der Waals surface area contributed by atoms with Gasteiger partial charge in [-0.3, -0.25) is 4.79 Å². The number of hydrogen-bond donors (Lipinski definition) is 2. The van der Waals surface area contributed by atoms with Gasteiger partial charge in [0.05, 0.1) is 12.6 Å². The molecule has 0 saturated heterocycles. The lowest BCUT2D eigenvalue weighted by molar-refractivity contribution is -0.415. The minimum atomic E-state index is 0.0125. The fourth-order valence-corrected chi connectivity index (χ4v) is 0.615. The summed E-state index contributed by atoms with van der Waals surface area (Å²) in [7, 11) is 0. The van der Waals surface area contributed by atoms with Crippen molar-refractivity contribution in [2.75, 3.05) is 6.54 Å². The highest BCUT2D eigenvalue weighted by Crippen LogP contribution is 1.90. The Kier molecular flexibility index (Phi) is 5.22. The maximum atomic E-state index is 10.9. The van der Waals surface area contributed by atoms with Crippen LogP contribution >= 0.6 is 0 Å². The van der Waals surface area contributed by atoms with Gasteiger partial charge in [0.15, 0.2) is 0 Å². The zero-order valence-corrected chi connectivity index (χ0v) is 6.89. The number of carbonyl (C=O) groups excluding carboxylic acids is 1. The third kappa shape index (κ3) is 6.88. The molecule has 0 radical (unpaired) electrons. The van der Waals surface area contributed by atoms with Crippen LogP contribution in [0.5, 0.6) is 0 Å². The van der Waals surface area contributed by atoms with Crippen LogP contribution in [0.25, 0.3) is 0 Å². The second-order valence-corrected chi connectivity index (χ2v) is 2.62. The van der Waals surface area contributed by atoms with E-state index in [2.05, 4.69) is 17.0 Å². The fourth-order valence-electron chi connectivity index (χ4n) is 0.615. The molecule has 0 heterocycles. The highest BCUT2D eigenvalue weighted by molar-refractivity contribution is 5.76. The molecule has 0 unspecified atom stereocenters. The lowest BCUT2D eigenvalue weighted by atomic mass is 10.2. The van der Waals surface area contributed by atoms with Crippen LogP contribution < -0.4 is 11.1 Å².